The van der Waals surface area contributed by atoms with E-state index >= 15 is 0 Å². The molecule has 7 heteroatoms. The molecule has 0 atom stereocenters. The Morgan fingerprint density at radius 2 is 1.92 bits per heavy atom. The second-order valence-electron chi connectivity index (χ2n) is 4.93. The molecule has 1 aromatic carbocycles. The Bertz CT molecular complexity index is 824. The van der Waals surface area contributed by atoms with Gasteiger partial charge in [-0.1, -0.05) is 0 Å². The third kappa shape index (κ3) is 3.98. The summed E-state index contributed by atoms with van der Waals surface area (Å²) >= 11 is 2.94. The van der Waals surface area contributed by atoms with Crippen LogP contribution >= 0.6 is 22.7 Å². The van der Waals surface area contributed by atoms with Gasteiger partial charge >= 0.3 is 5.97 Å². The molecule has 24 heavy (non-hydrogen) atoms. The summed E-state index contributed by atoms with van der Waals surface area (Å²) < 4.78 is 10.7. The lowest BCUT2D eigenvalue weighted by Crippen LogP contribution is -2.05. The minimum atomic E-state index is -0.436. The van der Waals surface area contributed by atoms with Gasteiger partial charge in [0, 0.05) is 16.3 Å². The number of ether oxygens (including phenoxy) is 2. The van der Waals surface area contributed by atoms with Crippen molar-refractivity contribution < 1.29 is 14.3 Å². The minimum absolute atomic E-state index is 0.166. The Kier molecular flexibility index (Phi) is 5.22. The topological polar surface area (TPSA) is 61.3 Å². The molecule has 0 unspecified atom stereocenters. The number of esters is 1. The van der Waals surface area contributed by atoms with Crippen molar-refractivity contribution in [1.29, 1.82) is 0 Å². The van der Waals surface area contributed by atoms with E-state index in [1.54, 1.807) is 5.38 Å². The quantitative estimate of drug-likeness (QED) is 0.612. The van der Waals surface area contributed by atoms with Gasteiger partial charge in [0.1, 0.15) is 17.4 Å². The van der Waals surface area contributed by atoms with Crippen LogP contribution in [0.3, 0.4) is 0 Å². The lowest BCUT2D eigenvalue weighted by Gasteiger charge is -2.03. The molecule has 2 aromatic heterocycles. The van der Waals surface area contributed by atoms with E-state index in [1.807, 2.05) is 43.5 Å². The largest absolute Gasteiger partial charge is 0.494 e. The first-order chi connectivity index (χ1) is 11.7. The van der Waals surface area contributed by atoms with Crippen molar-refractivity contribution >= 4 is 28.6 Å². The second-order valence-corrected chi connectivity index (χ2v) is 6.85. The maximum Gasteiger partial charge on any atom is 0.358 e. The molecule has 3 aromatic rings. The van der Waals surface area contributed by atoms with Gasteiger partial charge in [-0.15, -0.1) is 22.7 Å². The highest BCUT2D eigenvalue weighted by atomic mass is 32.1. The summed E-state index contributed by atoms with van der Waals surface area (Å²) in [5.74, 6) is 0.380. The summed E-state index contributed by atoms with van der Waals surface area (Å²) in [6.45, 7) is 4.66. The van der Waals surface area contributed by atoms with Gasteiger partial charge in [0.25, 0.3) is 0 Å². The van der Waals surface area contributed by atoms with E-state index in [9.17, 15) is 4.79 Å². The SMILES string of the molecule is CCOc1ccc(-c2nc(C(=O)OCc3csc(C)n3)cs2)cc1. The molecule has 0 aliphatic heterocycles. The van der Waals surface area contributed by atoms with Crippen molar-refractivity contribution in [2.45, 2.75) is 20.5 Å². The van der Waals surface area contributed by atoms with Crippen molar-refractivity contribution in [3.63, 3.8) is 0 Å². The van der Waals surface area contributed by atoms with Crippen LogP contribution in [0, 0.1) is 6.92 Å². The molecule has 5 nitrogen and oxygen atoms in total. The molecule has 3 rings (SSSR count). The zero-order valence-electron chi connectivity index (χ0n) is 13.3. The third-order valence-corrected chi connectivity index (χ3v) is 4.86. The Morgan fingerprint density at radius 3 is 2.58 bits per heavy atom. The van der Waals surface area contributed by atoms with Crippen molar-refractivity contribution in [3.05, 3.63) is 51.4 Å². The maximum atomic E-state index is 12.1. The average Bonchev–Trinajstić information content (AvgIpc) is 3.23. The Labute approximate surface area is 147 Å². The fraction of sp³-hybridized carbons (Fsp3) is 0.235. The van der Waals surface area contributed by atoms with Crippen LogP contribution < -0.4 is 4.74 Å². The lowest BCUT2D eigenvalue weighted by atomic mass is 10.2. The van der Waals surface area contributed by atoms with Gasteiger partial charge in [-0.05, 0) is 38.1 Å². The lowest BCUT2D eigenvalue weighted by molar-refractivity contribution is 0.0462. The van der Waals surface area contributed by atoms with Gasteiger partial charge in [0.2, 0.25) is 0 Å². The molecule has 124 valence electrons. The summed E-state index contributed by atoms with van der Waals surface area (Å²) in [6.07, 6.45) is 0. The number of thiazole rings is 2. The van der Waals surface area contributed by atoms with Crippen LogP contribution in [0.25, 0.3) is 10.6 Å². The van der Waals surface area contributed by atoms with Gasteiger partial charge in [-0.3, -0.25) is 0 Å². The molecule has 0 N–H and O–H groups in total. The van der Waals surface area contributed by atoms with Gasteiger partial charge in [0.05, 0.1) is 17.3 Å². The van der Waals surface area contributed by atoms with E-state index in [0.717, 1.165) is 27.0 Å². The van der Waals surface area contributed by atoms with Crippen LogP contribution in [-0.2, 0) is 11.3 Å². The molecule has 0 radical (unpaired) electrons. The fourth-order valence-corrected chi connectivity index (χ4v) is 3.44. The zero-order chi connectivity index (χ0) is 16.9. The van der Waals surface area contributed by atoms with E-state index in [4.69, 9.17) is 9.47 Å². The van der Waals surface area contributed by atoms with Gasteiger partial charge in [0.15, 0.2) is 5.69 Å². The van der Waals surface area contributed by atoms with E-state index in [-0.39, 0.29) is 6.61 Å². The van der Waals surface area contributed by atoms with Crippen LogP contribution in [0.2, 0.25) is 0 Å². The number of hydrogen-bond acceptors (Lipinski definition) is 7. The van der Waals surface area contributed by atoms with Crippen molar-refractivity contribution in [3.8, 4) is 16.3 Å². The number of rotatable bonds is 6. The van der Waals surface area contributed by atoms with Crippen LogP contribution in [0.5, 0.6) is 5.75 Å². The highest BCUT2D eigenvalue weighted by Gasteiger charge is 2.14. The van der Waals surface area contributed by atoms with Gasteiger partial charge in [-0.2, -0.15) is 0 Å². The van der Waals surface area contributed by atoms with Crippen LogP contribution in [0.1, 0.15) is 28.1 Å². The number of carbonyl (C=O) groups excluding carboxylic acids is 1. The third-order valence-electron chi connectivity index (χ3n) is 3.14. The molecule has 0 fully saturated rings. The molecule has 0 saturated heterocycles. The Balaban J connectivity index is 1.64. The monoisotopic (exact) mass is 360 g/mol. The van der Waals surface area contributed by atoms with Crippen LogP contribution in [0.15, 0.2) is 35.0 Å². The number of aryl methyl sites for hydroxylation is 1. The average molecular weight is 360 g/mol. The molecule has 2 heterocycles. The van der Waals surface area contributed by atoms with Crippen molar-refractivity contribution in [2.24, 2.45) is 0 Å². The standard InChI is InChI=1S/C17H16N2O3S2/c1-3-21-14-6-4-12(5-7-14)16-19-15(10-24-16)17(20)22-8-13-9-23-11(2)18-13/h4-7,9-10H,3,8H2,1-2H3. The Hall–Kier alpha value is -2.25. The predicted molar refractivity (Wildman–Crippen MR) is 94.7 cm³/mol. The highest BCUT2D eigenvalue weighted by molar-refractivity contribution is 7.13. The smallest absolute Gasteiger partial charge is 0.358 e. The van der Waals surface area contributed by atoms with Crippen molar-refractivity contribution in [1.82, 2.24) is 9.97 Å². The van der Waals surface area contributed by atoms with Crippen LogP contribution in [0.4, 0.5) is 0 Å². The van der Waals surface area contributed by atoms with E-state index in [2.05, 4.69) is 9.97 Å². The predicted octanol–water partition coefficient (Wildman–Crippen LogP) is 4.33. The molecular formula is C17H16N2O3S2. The number of nitrogens with zero attached hydrogens (tertiary/aromatic N) is 2. The normalized spacial score (nSPS) is 10.6. The number of aromatic nitrogens is 2. The second kappa shape index (κ2) is 7.55. The molecule has 0 amide bonds. The first kappa shape index (κ1) is 16.6. The molecular weight excluding hydrogens is 344 g/mol. The first-order valence-electron chi connectivity index (χ1n) is 7.42. The zero-order valence-corrected chi connectivity index (χ0v) is 14.9. The van der Waals surface area contributed by atoms with Gasteiger partial charge < -0.3 is 9.47 Å². The summed E-state index contributed by atoms with van der Waals surface area (Å²) in [6, 6.07) is 7.64. The van der Waals surface area contributed by atoms with E-state index in [0.29, 0.717) is 12.3 Å². The van der Waals surface area contributed by atoms with Crippen molar-refractivity contribution in [2.75, 3.05) is 6.61 Å². The molecule has 0 spiro atoms. The number of hydrogen-bond donors (Lipinski definition) is 0. The summed E-state index contributed by atoms with van der Waals surface area (Å²) in [7, 11) is 0. The fourth-order valence-electron chi connectivity index (χ4n) is 2.05. The highest BCUT2D eigenvalue weighted by Crippen LogP contribution is 2.26. The number of carbonyl (C=O) groups is 1. The Morgan fingerprint density at radius 1 is 1.12 bits per heavy atom. The molecule has 0 bridgehead atoms. The first-order valence-corrected chi connectivity index (χ1v) is 9.18. The summed E-state index contributed by atoms with van der Waals surface area (Å²) in [5.41, 5.74) is 2.02. The molecule has 0 aliphatic rings. The van der Waals surface area contributed by atoms with E-state index in [1.165, 1.54) is 22.7 Å². The maximum absolute atomic E-state index is 12.1. The number of benzene rings is 1. The summed E-state index contributed by atoms with van der Waals surface area (Å²) in [4.78, 5) is 20.7. The van der Waals surface area contributed by atoms with Gasteiger partial charge in [-0.25, -0.2) is 14.8 Å². The van der Waals surface area contributed by atoms with Crippen LogP contribution in [-0.4, -0.2) is 22.5 Å². The van der Waals surface area contributed by atoms with E-state index < -0.39 is 5.97 Å². The molecule has 0 aliphatic carbocycles. The summed E-state index contributed by atoms with van der Waals surface area (Å²) in [5, 5.41) is 5.32. The molecule has 0 saturated carbocycles. The minimum Gasteiger partial charge on any atom is -0.494 e.